The van der Waals surface area contributed by atoms with Gasteiger partial charge in [-0.15, -0.1) is 0 Å². The maximum atomic E-state index is 11.6. The van der Waals surface area contributed by atoms with Crippen molar-refractivity contribution in [2.24, 2.45) is 5.73 Å². The van der Waals surface area contributed by atoms with Crippen LogP contribution in [0.2, 0.25) is 0 Å². The maximum absolute atomic E-state index is 11.6. The minimum absolute atomic E-state index is 0.0685. The van der Waals surface area contributed by atoms with E-state index in [0.717, 1.165) is 5.69 Å². The second kappa shape index (κ2) is 4.15. The summed E-state index contributed by atoms with van der Waals surface area (Å²) in [7, 11) is 0. The summed E-state index contributed by atoms with van der Waals surface area (Å²) in [5, 5.41) is 2.94. The van der Waals surface area contributed by atoms with Gasteiger partial charge in [-0.3, -0.25) is 4.79 Å². The van der Waals surface area contributed by atoms with E-state index in [4.69, 9.17) is 5.73 Å². The van der Waals surface area contributed by atoms with E-state index in [1.165, 1.54) is 11.1 Å². The van der Waals surface area contributed by atoms with Crippen molar-refractivity contribution in [1.29, 1.82) is 0 Å². The van der Waals surface area contributed by atoms with Crippen LogP contribution in [0.5, 0.6) is 0 Å². The fourth-order valence-electron chi connectivity index (χ4n) is 2.23. The van der Waals surface area contributed by atoms with Crippen LogP contribution in [0.25, 0.3) is 0 Å². The third kappa shape index (κ3) is 2.34. The Morgan fingerprint density at radius 1 is 1.41 bits per heavy atom. The summed E-state index contributed by atoms with van der Waals surface area (Å²) in [4.78, 5) is 11.6. The van der Waals surface area contributed by atoms with Crippen molar-refractivity contribution in [1.82, 2.24) is 0 Å². The summed E-state index contributed by atoms with van der Waals surface area (Å²) in [5.74, 6) is 0.228. The topological polar surface area (TPSA) is 55.1 Å². The van der Waals surface area contributed by atoms with E-state index in [0.29, 0.717) is 13.0 Å². The van der Waals surface area contributed by atoms with Crippen molar-refractivity contribution in [3.8, 4) is 0 Å². The molecular formula is C14H20N2O. The zero-order valence-electron chi connectivity index (χ0n) is 10.7. The molecule has 1 aliphatic heterocycles. The molecule has 3 nitrogen and oxygen atoms in total. The standard InChI is InChI=1S/C14H20N2O/c1-14(2,3)10-4-5-11-9(8-15)6-13(17)16-12(11)7-10/h4-5,7,9H,6,8,15H2,1-3H3,(H,16,17). The molecule has 17 heavy (non-hydrogen) atoms. The van der Waals surface area contributed by atoms with Gasteiger partial charge in [-0.1, -0.05) is 32.9 Å². The lowest BCUT2D eigenvalue weighted by atomic mass is 9.83. The zero-order chi connectivity index (χ0) is 12.6. The molecule has 3 heteroatoms. The number of nitrogens with two attached hydrogens (primary N) is 1. The van der Waals surface area contributed by atoms with Gasteiger partial charge in [0.15, 0.2) is 0 Å². The van der Waals surface area contributed by atoms with Crippen molar-refractivity contribution in [3.63, 3.8) is 0 Å². The van der Waals surface area contributed by atoms with E-state index in [1.807, 2.05) is 0 Å². The number of fused-ring (bicyclic) bond motifs is 1. The number of amides is 1. The third-order valence-electron chi connectivity index (χ3n) is 3.35. The van der Waals surface area contributed by atoms with E-state index < -0.39 is 0 Å². The normalized spacial score (nSPS) is 19.8. The van der Waals surface area contributed by atoms with Crippen LogP contribution in [0.3, 0.4) is 0 Å². The highest BCUT2D eigenvalue weighted by Gasteiger charge is 2.25. The number of anilines is 1. The lowest BCUT2D eigenvalue weighted by Crippen LogP contribution is -2.27. The van der Waals surface area contributed by atoms with Crippen LogP contribution < -0.4 is 11.1 Å². The zero-order valence-corrected chi connectivity index (χ0v) is 10.7. The number of hydrogen-bond donors (Lipinski definition) is 2. The number of hydrogen-bond acceptors (Lipinski definition) is 2. The lowest BCUT2D eigenvalue weighted by molar-refractivity contribution is -0.116. The first-order valence-electron chi connectivity index (χ1n) is 6.06. The molecule has 0 saturated heterocycles. The Morgan fingerprint density at radius 3 is 2.71 bits per heavy atom. The Hall–Kier alpha value is -1.35. The molecule has 1 unspecified atom stereocenters. The first kappa shape index (κ1) is 12.1. The second-order valence-corrected chi connectivity index (χ2v) is 5.74. The van der Waals surface area contributed by atoms with Crippen molar-refractivity contribution in [3.05, 3.63) is 29.3 Å². The SMILES string of the molecule is CC(C)(C)c1ccc2c(c1)NC(=O)CC2CN. The quantitative estimate of drug-likeness (QED) is 0.781. The van der Waals surface area contributed by atoms with Crippen LogP contribution in [-0.2, 0) is 10.2 Å². The fourth-order valence-corrected chi connectivity index (χ4v) is 2.23. The van der Waals surface area contributed by atoms with Crippen LogP contribution in [0.1, 0.15) is 44.2 Å². The molecular weight excluding hydrogens is 212 g/mol. The molecule has 1 atom stereocenters. The number of carbonyl (C=O) groups excluding carboxylic acids is 1. The van der Waals surface area contributed by atoms with Crippen molar-refractivity contribution in [2.75, 3.05) is 11.9 Å². The predicted octanol–water partition coefficient (Wildman–Crippen LogP) is 2.37. The first-order chi connectivity index (χ1) is 7.91. The van der Waals surface area contributed by atoms with Crippen LogP contribution in [0.15, 0.2) is 18.2 Å². The van der Waals surface area contributed by atoms with Crippen LogP contribution in [-0.4, -0.2) is 12.5 Å². The Morgan fingerprint density at radius 2 is 2.12 bits per heavy atom. The average molecular weight is 232 g/mol. The van der Waals surface area contributed by atoms with Gasteiger partial charge in [0.1, 0.15) is 0 Å². The Balaban J connectivity index is 2.45. The van der Waals surface area contributed by atoms with Crippen molar-refractivity contribution in [2.45, 2.75) is 38.5 Å². The highest BCUT2D eigenvalue weighted by Crippen LogP contribution is 2.35. The molecule has 0 saturated carbocycles. The van der Waals surface area contributed by atoms with E-state index in [1.54, 1.807) is 0 Å². The molecule has 1 aromatic carbocycles. The van der Waals surface area contributed by atoms with Gasteiger partial charge in [-0.25, -0.2) is 0 Å². The van der Waals surface area contributed by atoms with Gasteiger partial charge in [0.2, 0.25) is 5.91 Å². The van der Waals surface area contributed by atoms with Gasteiger partial charge >= 0.3 is 0 Å². The summed E-state index contributed by atoms with van der Waals surface area (Å²) >= 11 is 0. The molecule has 1 heterocycles. The highest BCUT2D eigenvalue weighted by molar-refractivity contribution is 5.94. The van der Waals surface area contributed by atoms with Crippen LogP contribution in [0, 0.1) is 0 Å². The molecule has 0 spiro atoms. The minimum Gasteiger partial charge on any atom is -0.330 e. The number of nitrogens with one attached hydrogen (secondary N) is 1. The van der Waals surface area contributed by atoms with Gasteiger partial charge in [-0.2, -0.15) is 0 Å². The van der Waals surface area contributed by atoms with Crippen molar-refractivity contribution < 1.29 is 4.79 Å². The number of benzene rings is 1. The Bertz CT molecular complexity index is 446. The summed E-state index contributed by atoms with van der Waals surface area (Å²) in [6.07, 6.45) is 0.498. The molecule has 0 fully saturated rings. The smallest absolute Gasteiger partial charge is 0.225 e. The molecule has 0 aliphatic carbocycles. The van der Waals surface area contributed by atoms with E-state index in [2.05, 4.69) is 44.3 Å². The monoisotopic (exact) mass is 232 g/mol. The Kier molecular flexibility index (Phi) is 2.96. The molecule has 0 aromatic heterocycles. The summed E-state index contributed by atoms with van der Waals surface area (Å²) in [6, 6.07) is 6.32. The first-order valence-corrected chi connectivity index (χ1v) is 6.06. The molecule has 2 rings (SSSR count). The number of rotatable bonds is 1. The van der Waals surface area contributed by atoms with Gasteiger partial charge in [0.05, 0.1) is 0 Å². The maximum Gasteiger partial charge on any atom is 0.225 e. The van der Waals surface area contributed by atoms with Crippen molar-refractivity contribution >= 4 is 11.6 Å². The minimum atomic E-state index is 0.0685. The number of carbonyl (C=O) groups is 1. The molecule has 1 aliphatic rings. The molecule has 1 aromatic rings. The Labute approximate surface area is 102 Å². The third-order valence-corrected chi connectivity index (χ3v) is 3.35. The van der Waals surface area contributed by atoms with E-state index in [9.17, 15) is 4.79 Å². The summed E-state index contributed by atoms with van der Waals surface area (Å²) < 4.78 is 0. The van der Waals surface area contributed by atoms with Crippen LogP contribution in [0.4, 0.5) is 5.69 Å². The molecule has 1 amide bonds. The van der Waals surface area contributed by atoms with E-state index in [-0.39, 0.29) is 17.2 Å². The van der Waals surface area contributed by atoms with Crippen LogP contribution >= 0.6 is 0 Å². The van der Waals surface area contributed by atoms with Gasteiger partial charge in [-0.05, 0) is 29.2 Å². The van der Waals surface area contributed by atoms with Gasteiger partial charge in [0, 0.05) is 18.0 Å². The lowest BCUT2D eigenvalue weighted by Gasteiger charge is -2.27. The largest absolute Gasteiger partial charge is 0.330 e. The summed E-state index contributed by atoms with van der Waals surface area (Å²) in [5.41, 5.74) is 9.15. The average Bonchev–Trinajstić information content (AvgIpc) is 2.25. The fraction of sp³-hybridized carbons (Fsp3) is 0.500. The molecule has 0 bridgehead atoms. The second-order valence-electron chi connectivity index (χ2n) is 5.74. The molecule has 92 valence electrons. The predicted molar refractivity (Wildman–Crippen MR) is 70.2 cm³/mol. The van der Waals surface area contributed by atoms with Gasteiger partial charge < -0.3 is 11.1 Å². The van der Waals surface area contributed by atoms with Gasteiger partial charge in [0.25, 0.3) is 0 Å². The van der Waals surface area contributed by atoms with E-state index >= 15 is 0 Å². The summed E-state index contributed by atoms with van der Waals surface area (Å²) in [6.45, 7) is 7.02. The molecule has 3 N–H and O–H groups in total. The highest BCUT2D eigenvalue weighted by atomic mass is 16.1. The molecule has 0 radical (unpaired) electrons.